The highest BCUT2D eigenvalue weighted by Gasteiger charge is 2.23. The van der Waals surface area contributed by atoms with Crippen LogP contribution in [-0.2, 0) is 13.5 Å². The third-order valence-corrected chi connectivity index (χ3v) is 6.71. The van der Waals surface area contributed by atoms with Crippen LogP contribution in [0, 0.1) is 5.92 Å². The number of pyridine rings is 1. The van der Waals surface area contributed by atoms with Crippen molar-refractivity contribution in [1.82, 2.24) is 19.7 Å². The summed E-state index contributed by atoms with van der Waals surface area (Å²) in [7, 11) is 1.76. The molecule has 0 saturated carbocycles. The van der Waals surface area contributed by atoms with E-state index >= 15 is 0 Å². The molecular weight excluding hydrogens is 438 g/mol. The molecule has 1 aliphatic heterocycles. The molecular formula is C28H29N5O2. The molecule has 178 valence electrons. The molecule has 1 N–H and O–H groups in total. The van der Waals surface area contributed by atoms with Crippen LogP contribution in [-0.4, -0.2) is 44.6 Å². The lowest BCUT2D eigenvalue weighted by atomic mass is 9.91. The van der Waals surface area contributed by atoms with Crippen molar-refractivity contribution in [2.45, 2.75) is 25.7 Å². The summed E-state index contributed by atoms with van der Waals surface area (Å²) < 4.78 is 1.58. The zero-order valence-corrected chi connectivity index (χ0v) is 19.9. The summed E-state index contributed by atoms with van der Waals surface area (Å²) in [5.41, 5.74) is 4.03. The summed E-state index contributed by atoms with van der Waals surface area (Å²) in [6.07, 6.45) is 9.07. The third kappa shape index (κ3) is 5.24. The summed E-state index contributed by atoms with van der Waals surface area (Å²) in [5.74, 6) is 0.296. The Morgan fingerprint density at radius 2 is 1.91 bits per heavy atom. The first kappa shape index (κ1) is 22.8. The molecule has 0 spiro atoms. The molecule has 2 aromatic heterocycles. The minimum atomic E-state index is -0.246. The van der Waals surface area contributed by atoms with Gasteiger partial charge in [0.25, 0.3) is 11.8 Å². The van der Waals surface area contributed by atoms with Gasteiger partial charge in [0, 0.05) is 49.2 Å². The number of hydrogen-bond donors (Lipinski definition) is 1. The average molecular weight is 468 g/mol. The summed E-state index contributed by atoms with van der Waals surface area (Å²) in [6.45, 7) is 1.48. The van der Waals surface area contributed by atoms with Gasteiger partial charge in [-0.2, -0.15) is 5.10 Å². The largest absolute Gasteiger partial charge is 0.339 e. The maximum absolute atomic E-state index is 13.3. The number of amides is 2. The van der Waals surface area contributed by atoms with Gasteiger partial charge in [0.1, 0.15) is 0 Å². The fourth-order valence-electron chi connectivity index (χ4n) is 4.88. The maximum atomic E-state index is 13.3. The van der Waals surface area contributed by atoms with Gasteiger partial charge in [-0.25, -0.2) is 0 Å². The van der Waals surface area contributed by atoms with Crippen molar-refractivity contribution in [2.75, 3.05) is 18.4 Å². The summed E-state index contributed by atoms with van der Waals surface area (Å²) >= 11 is 0. The zero-order valence-electron chi connectivity index (χ0n) is 19.9. The molecule has 1 aliphatic rings. The Labute approximate surface area is 204 Å². The number of aryl methyl sites for hydroxylation is 1. The van der Waals surface area contributed by atoms with Crippen molar-refractivity contribution < 1.29 is 9.59 Å². The minimum Gasteiger partial charge on any atom is -0.339 e. The molecule has 1 unspecified atom stereocenters. The molecule has 0 bridgehead atoms. The fourth-order valence-corrected chi connectivity index (χ4v) is 4.88. The van der Waals surface area contributed by atoms with Gasteiger partial charge < -0.3 is 10.2 Å². The molecule has 1 fully saturated rings. The van der Waals surface area contributed by atoms with Crippen molar-refractivity contribution in [3.05, 3.63) is 89.9 Å². The van der Waals surface area contributed by atoms with Crippen LogP contribution in [0.3, 0.4) is 0 Å². The van der Waals surface area contributed by atoms with Gasteiger partial charge in [-0.3, -0.25) is 19.3 Å². The van der Waals surface area contributed by atoms with E-state index in [1.807, 2.05) is 23.2 Å². The Balaban J connectivity index is 1.23. The molecule has 2 aromatic carbocycles. The van der Waals surface area contributed by atoms with Crippen LogP contribution in [0.2, 0.25) is 0 Å². The number of benzene rings is 2. The first-order valence-electron chi connectivity index (χ1n) is 12.1. The van der Waals surface area contributed by atoms with Gasteiger partial charge in [0.2, 0.25) is 0 Å². The lowest BCUT2D eigenvalue weighted by Gasteiger charge is -2.21. The molecule has 2 amide bonds. The highest BCUT2D eigenvalue weighted by Crippen LogP contribution is 2.26. The van der Waals surface area contributed by atoms with E-state index in [2.05, 4.69) is 39.7 Å². The number of fused-ring (bicyclic) bond motifs is 1. The smallest absolute Gasteiger partial charge is 0.258 e. The lowest BCUT2D eigenvalue weighted by molar-refractivity contribution is 0.0759. The molecule has 1 saturated heterocycles. The number of carbonyl (C=O) groups is 2. The molecule has 35 heavy (non-hydrogen) atoms. The predicted molar refractivity (Wildman–Crippen MR) is 136 cm³/mol. The Morgan fingerprint density at radius 1 is 1.03 bits per heavy atom. The number of anilines is 1. The maximum Gasteiger partial charge on any atom is 0.258 e. The second-order valence-electron chi connectivity index (χ2n) is 9.22. The molecule has 5 rings (SSSR count). The quantitative estimate of drug-likeness (QED) is 0.461. The van der Waals surface area contributed by atoms with Crippen LogP contribution >= 0.6 is 0 Å². The number of rotatable bonds is 5. The Bertz CT molecular complexity index is 1360. The average Bonchev–Trinajstić information content (AvgIpc) is 3.18. The van der Waals surface area contributed by atoms with Gasteiger partial charge in [-0.1, -0.05) is 24.3 Å². The van der Waals surface area contributed by atoms with E-state index in [4.69, 9.17) is 0 Å². The Hall–Kier alpha value is -4.00. The van der Waals surface area contributed by atoms with Gasteiger partial charge in [0.05, 0.1) is 17.3 Å². The van der Waals surface area contributed by atoms with Crippen LogP contribution in [0.25, 0.3) is 10.9 Å². The van der Waals surface area contributed by atoms with E-state index in [9.17, 15) is 9.59 Å². The van der Waals surface area contributed by atoms with E-state index in [1.54, 1.807) is 36.1 Å². The van der Waals surface area contributed by atoms with Crippen molar-refractivity contribution in [3.8, 4) is 0 Å². The SMILES string of the molecule is Cn1cc(C(=O)Nc2cccc(C(=O)N3CCCC(Cc4cccc5ncccc45)CC3)c2)cn1. The zero-order chi connectivity index (χ0) is 24.2. The highest BCUT2D eigenvalue weighted by atomic mass is 16.2. The molecule has 0 radical (unpaired) electrons. The lowest BCUT2D eigenvalue weighted by Crippen LogP contribution is -2.32. The molecule has 0 aliphatic carbocycles. The van der Waals surface area contributed by atoms with E-state index in [0.29, 0.717) is 22.7 Å². The number of nitrogens with one attached hydrogen (secondary N) is 1. The molecule has 7 nitrogen and oxygen atoms in total. The first-order valence-corrected chi connectivity index (χ1v) is 12.1. The van der Waals surface area contributed by atoms with E-state index < -0.39 is 0 Å². The highest BCUT2D eigenvalue weighted by molar-refractivity contribution is 6.04. The Morgan fingerprint density at radius 3 is 2.77 bits per heavy atom. The summed E-state index contributed by atoms with van der Waals surface area (Å²) in [6, 6.07) is 17.6. The molecule has 1 atom stereocenters. The van der Waals surface area contributed by atoms with Gasteiger partial charge >= 0.3 is 0 Å². The Kier molecular flexibility index (Phi) is 6.57. The summed E-state index contributed by atoms with van der Waals surface area (Å²) in [4.78, 5) is 32.2. The predicted octanol–water partition coefficient (Wildman–Crippen LogP) is 4.71. The van der Waals surface area contributed by atoms with Crippen molar-refractivity contribution in [1.29, 1.82) is 0 Å². The fraction of sp³-hybridized carbons (Fsp3) is 0.286. The van der Waals surface area contributed by atoms with Crippen molar-refractivity contribution >= 4 is 28.4 Å². The van der Waals surface area contributed by atoms with Gasteiger partial charge in [0.15, 0.2) is 0 Å². The topological polar surface area (TPSA) is 80.1 Å². The standard InChI is InChI=1S/C28H29N5O2/c1-32-19-23(18-30-32)27(34)31-24-9-2-8-22(17-24)28(35)33-14-5-6-20(12-15-33)16-21-7-3-11-26-25(21)10-4-13-29-26/h2-4,7-11,13,17-20H,5-6,12,14-16H2,1H3,(H,31,34). The van der Waals surface area contributed by atoms with E-state index in [0.717, 1.165) is 44.3 Å². The van der Waals surface area contributed by atoms with Crippen LogP contribution in [0.5, 0.6) is 0 Å². The normalized spacial score (nSPS) is 16.1. The first-order chi connectivity index (χ1) is 17.1. The monoisotopic (exact) mass is 467 g/mol. The van der Waals surface area contributed by atoms with Crippen LogP contribution in [0.15, 0.2) is 73.2 Å². The molecule has 7 heteroatoms. The molecule has 3 heterocycles. The van der Waals surface area contributed by atoms with Crippen LogP contribution in [0.1, 0.15) is 45.5 Å². The van der Waals surface area contributed by atoms with Crippen molar-refractivity contribution in [3.63, 3.8) is 0 Å². The van der Waals surface area contributed by atoms with Gasteiger partial charge in [-0.15, -0.1) is 0 Å². The number of nitrogens with zero attached hydrogens (tertiary/aromatic N) is 4. The van der Waals surface area contributed by atoms with Crippen LogP contribution < -0.4 is 5.32 Å². The van der Waals surface area contributed by atoms with Crippen LogP contribution in [0.4, 0.5) is 5.69 Å². The minimum absolute atomic E-state index is 0.0116. The number of carbonyl (C=O) groups excluding carboxylic acids is 2. The number of likely N-dealkylation sites (tertiary alicyclic amines) is 1. The third-order valence-electron chi connectivity index (χ3n) is 6.71. The second kappa shape index (κ2) is 10.1. The van der Waals surface area contributed by atoms with E-state index in [-0.39, 0.29) is 11.8 Å². The van der Waals surface area contributed by atoms with Gasteiger partial charge in [-0.05, 0) is 67.5 Å². The summed E-state index contributed by atoms with van der Waals surface area (Å²) in [5, 5.41) is 8.12. The van der Waals surface area contributed by atoms with E-state index in [1.165, 1.54) is 17.1 Å². The number of aromatic nitrogens is 3. The second-order valence-corrected chi connectivity index (χ2v) is 9.22. The van der Waals surface area contributed by atoms with Crippen molar-refractivity contribution in [2.24, 2.45) is 13.0 Å². The number of hydrogen-bond acceptors (Lipinski definition) is 4. The molecule has 4 aromatic rings.